The predicted molar refractivity (Wildman–Crippen MR) is 143 cm³/mol. The maximum atomic E-state index is 10.3. The number of thioether (sulfide) groups is 1. The second-order valence-electron chi connectivity index (χ2n) is 8.53. The van der Waals surface area contributed by atoms with Crippen LogP contribution in [0.4, 0.5) is 5.82 Å². The van der Waals surface area contributed by atoms with Crippen molar-refractivity contribution in [1.82, 2.24) is 11.1 Å². The summed E-state index contributed by atoms with van der Waals surface area (Å²) in [6.07, 6.45) is 6.68. The molecule has 1 fully saturated rings. The fourth-order valence-corrected chi connectivity index (χ4v) is 4.23. The molecule has 4 N–H and O–H groups in total. The zero-order chi connectivity index (χ0) is 23.1. The first kappa shape index (κ1) is 28.3. The molecule has 3 rings (SSSR count). The molecule has 178 valence electrons. The Hall–Kier alpha value is -1.70. The van der Waals surface area contributed by atoms with Gasteiger partial charge >= 0.3 is 0 Å². The Bertz CT molecular complexity index is 907. The van der Waals surface area contributed by atoms with Crippen LogP contribution in [0.5, 0.6) is 0 Å². The maximum Gasteiger partial charge on any atom is 0.133 e. The summed E-state index contributed by atoms with van der Waals surface area (Å²) in [7, 11) is 3.53. The Balaban J connectivity index is 0.000000648. The second kappa shape index (κ2) is 13.1. The van der Waals surface area contributed by atoms with Crippen molar-refractivity contribution in [3.05, 3.63) is 52.1 Å². The lowest BCUT2D eigenvalue weighted by Gasteiger charge is -2.22. The van der Waals surface area contributed by atoms with Gasteiger partial charge in [0.2, 0.25) is 0 Å². The van der Waals surface area contributed by atoms with E-state index in [0.29, 0.717) is 11.2 Å². The van der Waals surface area contributed by atoms with E-state index in [9.17, 15) is 4.21 Å². The van der Waals surface area contributed by atoms with Crippen LogP contribution in [-0.4, -0.2) is 41.0 Å². The molecule has 1 unspecified atom stereocenters. The van der Waals surface area contributed by atoms with Crippen LogP contribution in [0.2, 0.25) is 0 Å². The average molecular weight is 477 g/mol. The monoisotopic (exact) mass is 476 g/mol. The van der Waals surface area contributed by atoms with Crippen molar-refractivity contribution in [2.45, 2.75) is 68.9 Å². The van der Waals surface area contributed by atoms with Crippen LogP contribution < -0.4 is 11.1 Å². The molecule has 1 atom stereocenters. The van der Waals surface area contributed by atoms with Crippen molar-refractivity contribution in [2.75, 3.05) is 25.3 Å². The Morgan fingerprint density at radius 1 is 1.25 bits per heavy atom. The van der Waals surface area contributed by atoms with Crippen molar-refractivity contribution < 1.29 is 4.21 Å². The minimum Gasteiger partial charge on any atom is -0.362 e. The lowest BCUT2D eigenvalue weighted by atomic mass is 9.97. The zero-order valence-electron chi connectivity index (χ0n) is 20.7. The third kappa shape index (κ3) is 7.71. The largest absolute Gasteiger partial charge is 0.362 e. The summed E-state index contributed by atoms with van der Waals surface area (Å²) in [6.45, 7) is 8.19. The summed E-state index contributed by atoms with van der Waals surface area (Å²) in [6, 6.07) is 8.66. The topological polar surface area (TPSA) is 92.1 Å². The lowest BCUT2D eigenvalue weighted by molar-refractivity contribution is 0.681. The second-order valence-corrected chi connectivity index (χ2v) is 11.4. The average Bonchev–Trinajstić information content (AvgIpc) is 3.57. The number of anilines is 1. The molecule has 0 radical (unpaired) electrons. The van der Waals surface area contributed by atoms with Gasteiger partial charge in [-0.2, -0.15) is 0 Å². The van der Waals surface area contributed by atoms with Crippen molar-refractivity contribution >= 4 is 34.6 Å². The van der Waals surface area contributed by atoms with Gasteiger partial charge < -0.3 is 16.5 Å². The van der Waals surface area contributed by atoms with Crippen LogP contribution in [0.3, 0.4) is 0 Å². The van der Waals surface area contributed by atoms with Crippen molar-refractivity contribution in [3.8, 4) is 0 Å². The minimum atomic E-state index is -0.617. The van der Waals surface area contributed by atoms with Crippen LogP contribution in [0, 0.1) is 12.3 Å². The first-order chi connectivity index (χ1) is 14.7. The number of hydrogen-bond donors (Lipinski definition) is 2. The smallest absolute Gasteiger partial charge is 0.133 e. The van der Waals surface area contributed by atoms with E-state index < -0.39 is 10.8 Å². The van der Waals surface area contributed by atoms with Crippen LogP contribution in [-0.2, 0) is 23.0 Å². The number of rotatable bonds is 8. The molecule has 0 amide bonds. The molecule has 2 aromatic rings. The van der Waals surface area contributed by atoms with Gasteiger partial charge in [-0.1, -0.05) is 50.6 Å². The van der Waals surface area contributed by atoms with Gasteiger partial charge in [0.25, 0.3) is 0 Å². The molecule has 0 saturated heterocycles. The van der Waals surface area contributed by atoms with Crippen molar-refractivity contribution in [3.63, 3.8) is 0 Å². The summed E-state index contributed by atoms with van der Waals surface area (Å²) in [5.41, 5.74) is 6.30. The van der Waals surface area contributed by atoms with Crippen LogP contribution >= 0.6 is 11.8 Å². The van der Waals surface area contributed by atoms with Gasteiger partial charge in [0.05, 0.1) is 0 Å². The van der Waals surface area contributed by atoms with E-state index in [-0.39, 0.29) is 6.15 Å². The third-order valence-corrected chi connectivity index (χ3v) is 7.79. The Morgan fingerprint density at radius 2 is 1.81 bits per heavy atom. The highest BCUT2D eigenvalue weighted by Gasteiger charge is 2.32. The van der Waals surface area contributed by atoms with E-state index in [2.05, 4.69) is 57.1 Å². The van der Waals surface area contributed by atoms with E-state index in [1.54, 1.807) is 18.0 Å². The molecule has 1 heterocycles. The standard InChI is InChI=1S/C21H27N3S.C4H10OS.H3N/c1-5-17-18(12-22)21(25-13-15-8-6-14(2)7-9-15)23-20(24(3)4)19(17)16-10-11-16;1-4(2)6(3)5;/h6-9,12,16,22H,5,10-11,13H2,1-4H3;4H,1-3H3;1H3. The number of benzene rings is 1. The predicted octanol–water partition coefficient (Wildman–Crippen LogP) is 6.12. The van der Waals surface area contributed by atoms with Gasteiger partial charge in [0.15, 0.2) is 0 Å². The Morgan fingerprint density at radius 3 is 2.22 bits per heavy atom. The molecule has 1 saturated carbocycles. The molecule has 1 aliphatic rings. The molecule has 32 heavy (non-hydrogen) atoms. The molecule has 7 heteroatoms. The van der Waals surface area contributed by atoms with Gasteiger partial charge in [0, 0.05) is 59.5 Å². The number of pyridine rings is 1. The lowest BCUT2D eigenvalue weighted by Crippen LogP contribution is -2.17. The first-order valence-corrected chi connectivity index (χ1v) is 13.5. The van der Waals surface area contributed by atoms with Crippen LogP contribution in [0.1, 0.15) is 67.3 Å². The summed E-state index contributed by atoms with van der Waals surface area (Å²) < 4.78 is 10.3. The number of hydrogen-bond acceptors (Lipinski definition) is 6. The summed E-state index contributed by atoms with van der Waals surface area (Å²) in [4.78, 5) is 7.12. The summed E-state index contributed by atoms with van der Waals surface area (Å²) >= 11 is 1.74. The quantitative estimate of drug-likeness (QED) is 0.354. The van der Waals surface area contributed by atoms with Crippen LogP contribution in [0.25, 0.3) is 0 Å². The third-order valence-electron chi connectivity index (χ3n) is 5.40. The van der Waals surface area contributed by atoms with E-state index in [4.69, 9.17) is 10.4 Å². The zero-order valence-corrected chi connectivity index (χ0v) is 22.3. The van der Waals surface area contributed by atoms with Gasteiger partial charge in [-0.25, -0.2) is 4.98 Å². The van der Waals surface area contributed by atoms with Gasteiger partial charge in [-0.15, -0.1) is 11.8 Å². The number of aryl methyl sites for hydroxylation is 1. The molecule has 1 aliphatic carbocycles. The van der Waals surface area contributed by atoms with E-state index in [0.717, 1.165) is 28.6 Å². The van der Waals surface area contributed by atoms with Crippen molar-refractivity contribution in [1.29, 1.82) is 5.41 Å². The molecule has 1 aromatic heterocycles. The molecule has 0 bridgehead atoms. The molecule has 0 aliphatic heterocycles. The Kier molecular flexibility index (Phi) is 11.6. The molecular formula is C25H40N4OS2. The first-order valence-electron chi connectivity index (χ1n) is 10.9. The van der Waals surface area contributed by atoms with Gasteiger partial charge in [-0.3, -0.25) is 4.21 Å². The molecule has 5 nitrogen and oxygen atoms in total. The maximum absolute atomic E-state index is 10.3. The van der Waals surface area contributed by atoms with Gasteiger partial charge in [-0.05, 0) is 43.2 Å². The Labute approximate surface area is 201 Å². The number of aromatic nitrogens is 1. The highest BCUT2D eigenvalue weighted by atomic mass is 32.2. The fraction of sp³-hybridized carbons (Fsp3) is 0.520. The van der Waals surface area contributed by atoms with E-state index in [1.807, 2.05) is 13.8 Å². The normalized spacial score (nSPS) is 13.6. The van der Waals surface area contributed by atoms with Gasteiger partial charge in [0.1, 0.15) is 10.8 Å². The minimum absolute atomic E-state index is 0. The molecular weight excluding hydrogens is 436 g/mol. The van der Waals surface area contributed by atoms with E-state index >= 15 is 0 Å². The highest BCUT2D eigenvalue weighted by molar-refractivity contribution is 7.98. The summed E-state index contributed by atoms with van der Waals surface area (Å²) in [5, 5.41) is 9.29. The molecule has 0 spiro atoms. The fourth-order valence-electron chi connectivity index (χ4n) is 3.24. The number of nitrogens with zero attached hydrogens (tertiary/aromatic N) is 2. The molecule has 1 aromatic carbocycles. The van der Waals surface area contributed by atoms with Crippen LogP contribution in [0.15, 0.2) is 29.3 Å². The van der Waals surface area contributed by atoms with Crippen molar-refractivity contribution in [2.24, 2.45) is 0 Å². The number of nitrogens with one attached hydrogen (secondary N) is 1. The highest BCUT2D eigenvalue weighted by Crippen LogP contribution is 2.47. The summed E-state index contributed by atoms with van der Waals surface area (Å²) in [5.74, 6) is 2.61. The van der Waals surface area contributed by atoms with E-state index in [1.165, 1.54) is 41.3 Å². The SMILES string of the molecule is CC(C)S(C)=O.CCc1c(C=N)c(SCc2ccc(C)cc2)nc(N(C)C)c1C1CC1.N.